The Hall–Kier alpha value is -2.23. The maximum Gasteiger partial charge on any atom is 0.319 e. The highest BCUT2D eigenvalue weighted by Crippen LogP contribution is 2.34. The Labute approximate surface area is 200 Å². The molecule has 2 fully saturated rings. The molecule has 0 bridgehead atoms. The molecule has 0 saturated carbocycles. The van der Waals surface area contributed by atoms with Gasteiger partial charge in [-0.25, -0.2) is 4.79 Å². The van der Waals surface area contributed by atoms with Gasteiger partial charge in [0.15, 0.2) is 0 Å². The summed E-state index contributed by atoms with van der Waals surface area (Å²) in [5.41, 5.74) is 0.553. The maximum absolute atomic E-state index is 12.6. The molecule has 32 heavy (non-hydrogen) atoms. The summed E-state index contributed by atoms with van der Waals surface area (Å²) in [4.78, 5) is 54.0. The van der Waals surface area contributed by atoms with E-state index in [9.17, 15) is 19.2 Å². The van der Waals surface area contributed by atoms with Crippen molar-refractivity contribution in [3.63, 3.8) is 0 Å². The molecular weight excluding hydrogens is 475 g/mol. The minimum Gasteiger partial charge on any atom is -0.354 e. The van der Waals surface area contributed by atoms with Crippen LogP contribution in [0.15, 0.2) is 23.1 Å². The number of benzene rings is 1. The molecule has 0 unspecified atom stereocenters. The number of carbonyl (C=O) groups is 4. The lowest BCUT2D eigenvalue weighted by molar-refractivity contribution is -0.127. The number of likely N-dealkylation sites (tertiary alicyclic amines) is 1. The normalized spacial score (nSPS) is 18.4. The molecule has 3 rings (SSSR count). The smallest absolute Gasteiger partial charge is 0.319 e. The van der Waals surface area contributed by atoms with E-state index in [0.29, 0.717) is 41.5 Å². The van der Waals surface area contributed by atoms with Gasteiger partial charge < -0.3 is 15.1 Å². The number of nitrogens with one attached hydrogen (secondary N) is 1. The average Bonchev–Trinajstić information content (AvgIpc) is 3.03. The van der Waals surface area contributed by atoms with Crippen LogP contribution in [0, 0.1) is 5.92 Å². The van der Waals surface area contributed by atoms with Crippen molar-refractivity contribution in [3.05, 3.63) is 38.7 Å². The lowest BCUT2D eigenvalue weighted by Gasteiger charge is -2.33. The van der Waals surface area contributed by atoms with Crippen LogP contribution in [0.4, 0.5) is 9.59 Å². The zero-order valence-corrected chi connectivity index (χ0v) is 20.1. The molecule has 2 saturated heterocycles. The molecule has 5 amide bonds. The van der Waals surface area contributed by atoms with Crippen LogP contribution in [0.25, 0.3) is 6.08 Å². The van der Waals surface area contributed by atoms with Gasteiger partial charge in [0.1, 0.15) is 0 Å². The summed E-state index contributed by atoms with van der Waals surface area (Å²) in [7, 11) is 3.40. The first kappa shape index (κ1) is 24.4. The van der Waals surface area contributed by atoms with Gasteiger partial charge in [0.25, 0.3) is 11.1 Å². The SMILES string of the molecule is CN(C)C(=O)N1CCC(C(=O)NCCN2C(=O)S/C(=C\c3cccc(Cl)c3Cl)C2=O)CC1. The minimum atomic E-state index is -0.430. The van der Waals surface area contributed by atoms with E-state index in [4.69, 9.17) is 23.2 Å². The standard InChI is InChI=1S/C21H24Cl2N4O4S/c1-25(2)20(30)26-9-6-13(7-10-26)18(28)24-8-11-27-19(29)16(32-21(27)31)12-14-4-3-5-15(22)17(14)23/h3-5,12-13H,6-11H2,1-2H3,(H,24,28)/b16-12-. The van der Waals surface area contributed by atoms with Gasteiger partial charge in [0, 0.05) is 46.2 Å². The quantitative estimate of drug-likeness (QED) is 0.626. The lowest BCUT2D eigenvalue weighted by atomic mass is 9.96. The number of hydrogen-bond acceptors (Lipinski definition) is 5. The molecule has 8 nitrogen and oxygen atoms in total. The molecule has 0 aliphatic carbocycles. The molecule has 1 aromatic carbocycles. The average molecular weight is 499 g/mol. The van der Waals surface area contributed by atoms with Crippen LogP contribution in [0.3, 0.4) is 0 Å². The molecule has 1 aromatic rings. The summed E-state index contributed by atoms with van der Waals surface area (Å²) in [5, 5.41) is 3.08. The van der Waals surface area contributed by atoms with E-state index in [1.165, 1.54) is 4.90 Å². The first-order valence-corrected chi connectivity index (χ1v) is 11.7. The van der Waals surface area contributed by atoms with Crippen molar-refractivity contribution < 1.29 is 19.2 Å². The summed E-state index contributed by atoms with van der Waals surface area (Å²) >= 11 is 13.0. The van der Waals surface area contributed by atoms with Crippen molar-refractivity contribution in [2.75, 3.05) is 40.3 Å². The van der Waals surface area contributed by atoms with E-state index in [0.717, 1.165) is 16.7 Å². The second-order valence-corrected chi connectivity index (χ2v) is 9.48. The zero-order valence-electron chi connectivity index (χ0n) is 17.8. The van der Waals surface area contributed by atoms with Crippen molar-refractivity contribution in [2.24, 2.45) is 5.92 Å². The number of rotatable bonds is 5. The van der Waals surface area contributed by atoms with Crippen molar-refractivity contribution in [3.8, 4) is 0 Å². The van der Waals surface area contributed by atoms with Crippen LogP contribution < -0.4 is 5.32 Å². The van der Waals surface area contributed by atoms with Gasteiger partial charge in [-0.05, 0) is 42.3 Å². The topological polar surface area (TPSA) is 90.0 Å². The molecule has 11 heteroatoms. The van der Waals surface area contributed by atoms with Crippen molar-refractivity contribution in [1.29, 1.82) is 0 Å². The number of carbonyl (C=O) groups excluding carboxylic acids is 4. The Bertz CT molecular complexity index is 961. The highest BCUT2D eigenvalue weighted by atomic mass is 35.5. The van der Waals surface area contributed by atoms with E-state index in [2.05, 4.69) is 5.32 Å². The minimum absolute atomic E-state index is 0.0599. The maximum atomic E-state index is 12.6. The number of nitrogens with zero attached hydrogens (tertiary/aromatic N) is 3. The Balaban J connectivity index is 1.50. The molecular formula is C21H24Cl2N4O4S. The van der Waals surface area contributed by atoms with Gasteiger partial charge >= 0.3 is 6.03 Å². The summed E-state index contributed by atoms with van der Waals surface area (Å²) in [6.45, 7) is 1.29. The first-order valence-electron chi connectivity index (χ1n) is 10.1. The lowest BCUT2D eigenvalue weighted by Crippen LogP contribution is -2.47. The molecule has 2 aliphatic rings. The van der Waals surface area contributed by atoms with Gasteiger partial charge in [-0.15, -0.1) is 0 Å². The molecule has 0 radical (unpaired) electrons. The second kappa shape index (κ2) is 10.6. The third-order valence-corrected chi connectivity index (χ3v) is 7.04. The van der Waals surface area contributed by atoms with Crippen molar-refractivity contribution >= 4 is 64.1 Å². The predicted molar refractivity (Wildman–Crippen MR) is 126 cm³/mol. The number of halogens is 2. The van der Waals surface area contributed by atoms with Gasteiger partial charge in [-0.1, -0.05) is 35.3 Å². The molecule has 1 N–H and O–H groups in total. The van der Waals surface area contributed by atoms with E-state index < -0.39 is 11.1 Å². The van der Waals surface area contributed by atoms with E-state index in [1.807, 2.05) is 0 Å². The number of hydrogen-bond donors (Lipinski definition) is 1. The van der Waals surface area contributed by atoms with Crippen LogP contribution in [-0.4, -0.2) is 78.1 Å². The fraction of sp³-hybridized carbons (Fsp3) is 0.429. The number of imide groups is 1. The fourth-order valence-electron chi connectivity index (χ4n) is 3.52. The Morgan fingerprint density at radius 3 is 2.56 bits per heavy atom. The third-order valence-electron chi connectivity index (χ3n) is 5.30. The van der Waals surface area contributed by atoms with Gasteiger partial charge in [-0.3, -0.25) is 19.3 Å². The first-order chi connectivity index (χ1) is 15.2. The predicted octanol–water partition coefficient (Wildman–Crippen LogP) is 3.54. The molecule has 2 aliphatic heterocycles. The van der Waals surface area contributed by atoms with Gasteiger partial charge in [0.05, 0.1) is 15.0 Å². The highest BCUT2D eigenvalue weighted by Gasteiger charge is 2.35. The van der Waals surface area contributed by atoms with Crippen LogP contribution in [0.1, 0.15) is 18.4 Å². The van der Waals surface area contributed by atoms with Crippen molar-refractivity contribution in [2.45, 2.75) is 12.8 Å². The number of amides is 5. The number of urea groups is 1. The largest absolute Gasteiger partial charge is 0.354 e. The van der Waals surface area contributed by atoms with E-state index in [1.54, 1.807) is 43.3 Å². The summed E-state index contributed by atoms with van der Waals surface area (Å²) in [6.07, 6.45) is 2.70. The molecule has 0 atom stereocenters. The number of thioether (sulfide) groups is 1. The Kier molecular flexibility index (Phi) is 8.08. The van der Waals surface area contributed by atoms with Crippen molar-refractivity contribution in [1.82, 2.24) is 20.0 Å². The fourth-order valence-corrected chi connectivity index (χ4v) is 4.74. The summed E-state index contributed by atoms with van der Waals surface area (Å²) in [6, 6.07) is 5.00. The van der Waals surface area contributed by atoms with Crippen LogP contribution in [0.2, 0.25) is 10.0 Å². The van der Waals surface area contributed by atoms with Crippen LogP contribution in [0.5, 0.6) is 0 Å². The monoisotopic (exact) mass is 498 g/mol. The number of piperidine rings is 1. The van der Waals surface area contributed by atoms with Gasteiger partial charge in [-0.2, -0.15) is 0 Å². The van der Waals surface area contributed by atoms with E-state index in [-0.39, 0.29) is 35.9 Å². The second-order valence-electron chi connectivity index (χ2n) is 7.71. The molecule has 172 valence electrons. The van der Waals surface area contributed by atoms with Crippen LogP contribution >= 0.6 is 35.0 Å². The van der Waals surface area contributed by atoms with E-state index >= 15 is 0 Å². The Morgan fingerprint density at radius 1 is 1.22 bits per heavy atom. The highest BCUT2D eigenvalue weighted by molar-refractivity contribution is 8.18. The molecule has 0 aromatic heterocycles. The van der Waals surface area contributed by atoms with Gasteiger partial charge in [0.2, 0.25) is 5.91 Å². The van der Waals surface area contributed by atoms with Crippen LogP contribution in [-0.2, 0) is 9.59 Å². The zero-order chi connectivity index (χ0) is 23.4. The summed E-state index contributed by atoms with van der Waals surface area (Å²) in [5.74, 6) is -0.753. The Morgan fingerprint density at radius 2 is 1.91 bits per heavy atom. The third kappa shape index (κ3) is 5.57. The molecule has 2 heterocycles. The summed E-state index contributed by atoms with van der Waals surface area (Å²) < 4.78 is 0. The molecule has 0 spiro atoms.